The summed E-state index contributed by atoms with van der Waals surface area (Å²) in [5, 5.41) is 15.8. The molecule has 8 heteroatoms. The lowest BCUT2D eigenvalue weighted by Gasteiger charge is -2.21. The number of benzene rings is 1. The van der Waals surface area contributed by atoms with E-state index < -0.39 is 0 Å². The van der Waals surface area contributed by atoms with E-state index in [4.69, 9.17) is 21.1 Å². The quantitative estimate of drug-likeness (QED) is 0.322. The summed E-state index contributed by atoms with van der Waals surface area (Å²) in [6.07, 6.45) is 10.8. The number of anilines is 2. The molecule has 0 radical (unpaired) electrons. The predicted molar refractivity (Wildman–Crippen MR) is 147 cm³/mol. The molecule has 0 bridgehead atoms. The van der Waals surface area contributed by atoms with Crippen molar-refractivity contribution >= 4 is 34.9 Å². The standard InChI is InChI=1S/C29H35ClN4O3/c1-3-4-8-21(20(2)35)14-16-36-27-11-7-10-25-28(27)29(33-19-32-25)34-22-12-13-26(24(30)17-22)37-18-23-9-5-6-15-31-23/h5-6,9-10,12-13,15,17,19-21,35H,3-4,7-8,11,14,16,18H2,1-2H3,(H,32,33,34). The number of pyridine rings is 1. The summed E-state index contributed by atoms with van der Waals surface area (Å²) in [5.74, 6) is 2.37. The number of unbranched alkanes of at least 4 members (excludes halogenated alkanes) is 1. The van der Waals surface area contributed by atoms with Gasteiger partial charge in [-0.1, -0.05) is 43.5 Å². The molecule has 2 aromatic heterocycles. The van der Waals surface area contributed by atoms with Gasteiger partial charge in [0, 0.05) is 18.3 Å². The Morgan fingerprint density at radius 2 is 2.00 bits per heavy atom. The molecule has 2 unspecified atom stereocenters. The Kier molecular flexibility index (Phi) is 9.74. The van der Waals surface area contributed by atoms with E-state index in [2.05, 4.69) is 33.3 Å². The number of aliphatic hydroxyl groups is 1. The van der Waals surface area contributed by atoms with Crippen LogP contribution in [0.5, 0.6) is 5.75 Å². The third-order valence-corrected chi connectivity index (χ3v) is 6.83. The Balaban J connectivity index is 1.49. The monoisotopic (exact) mass is 522 g/mol. The van der Waals surface area contributed by atoms with E-state index in [-0.39, 0.29) is 12.0 Å². The highest BCUT2D eigenvalue weighted by Crippen LogP contribution is 2.29. The minimum atomic E-state index is -0.339. The van der Waals surface area contributed by atoms with Gasteiger partial charge in [-0.2, -0.15) is 0 Å². The fraction of sp³-hybridized carbons (Fsp3) is 0.414. The number of aliphatic hydroxyl groups excluding tert-OH is 1. The van der Waals surface area contributed by atoms with Crippen LogP contribution in [0.15, 0.2) is 48.9 Å². The van der Waals surface area contributed by atoms with Crippen LogP contribution in [0.25, 0.3) is 11.8 Å². The molecule has 0 fully saturated rings. The molecule has 0 spiro atoms. The number of fused-ring (bicyclic) bond motifs is 1. The highest BCUT2D eigenvalue weighted by Gasteiger charge is 2.17. The van der Waals surface area contributed by atoms with Crippen molar-refractivity contribution in [3.8, 4) is 5.75 Å². The van der Waals surface area contributed by atoms with Crippen LogP contribution in [0.1, 0.15) is 58.1 Å². The summed E-state index contributed by atoms with van der Waals surface area (Å²) in [5.41, 5.74) is 1.62. The summed E-state index contributed by atoms with van der Waals surface area (Å²) in [7, 11) is 0. The van der Waals surface area contributed by atoms with Gasteiger partial charge in [-0.15, -0.1) is 0 Å². The van der Waals surface area contributed by atoms with Crippen molar-refractivity contribution in [2.75, 3.05) is 11.9 Å². The van der Waals surface area contributed by atoms with E-state index in [1.165, 1.54) is 0 Å². The molecule has 196 valence electrons. The first-order valence-electron chi connectivity index (χ1n) is 13.0. The summed E-state index contributed by atoms with van der Waals surface area (Å²) in [4.78, 5) is 13.3. The average Bonchev–Trinajstić information content (AvgIpc) is 2.90. The van der Waals surface area contributed by atoms with Gasteiger partial charge >= 0.3 is 0 Å². The van der Waals surface area contributed by atoms with E-state index in [0.29, 0.717) is 29.8 Å². The molecule has 1 aliphatic rings. The zero-order chi connectivity index (χ0) is 26.0. The second kappa shape index (κ2) is 13.4. The SMILES string of the molecule is CCCCC(CCOC1=c2c(Nc3ccc(OCc4ccccn4)c(Cl)c3)ncnc2=CCC1)C(C)O. The Hall–Kier alpha value is -3.16. The zero-order valence-electron chi connectivity index (χ0n) is 21.5. The summed E-state index contributed by atoms with van der Waals surface area (Å²) in [6.45, 7) is 4.93. The molecular formula is C29H35ClN4O3. The molecule has 2 N–H and O–H groups in total. The van der Waals surface area contributed by atoms with Gasteiger partial charge in [0.1, 0.15) is 30.3 Å². The van der Waals surface area contributed by atoms with Crippen molar-refractivity contribution in [1.29, 1.82) is 0 Å². The minimum absolute atomic E-state index is 0.236. The van der Waals surface area contributed by atoms with Gasteiger partial charge < -0.3 is 19.9 Å². The molecule has 7 nitrogen and oxygen atoms in total. The predicted octanol–water partition coefficient (Wildman–Crippen LogP) is 5.12. The number of ether oxygens (including phenoxy) is 2. The molecule has 37 heavy (non-hydrogen) atoms. The van der Waals surface area contributed by atoms with Crippen LogP contribution in [0.3, 0.4) is 0 Å². The van der Waals surface area contributed by atoms with Crippen molar-refractivity contribution in [2.45, 2.75) is 65.1 Å². The highest BCUT2D eigenvalue weighted by atomic mass is 35.5. The topological polar surface area (TPSA) is 89.4 Å². The molecule has 3 aromatic rings. The van der Waals surface area contributed by atoms with Gasteiger partial charge in [0.05, 0.1) is 34.0 Å². The van der Waals surface area contributed by atoms with Crippen molar-refractivity contribution in [3.63, 3.8) is 0 Å². The Morgan fingerprint density at radius 1 is 1.11 bits per heavy atom. The fourth-order valence-corrected chi connectivity index (χ4v) is 4.66. The number of nitrogens with one attached hydrogen (secondary N) is 1. The van der Waals surface area contributed by atoms with Crippen LogP contribution in [-0.2, 0) is 11.3 Å². The van der Waals surface area contributed by atoms with E-state index in [9.17, 15) is 5.11 Å². The van der Waals surface area contributed by atoms with Crippen LogP contribution in [0.2, 0.25) is 5.02 Å². The van der Waals surface area contributed by atoms with E-state index in [1.54, 1.807) is 12.5 Å². The van der Waals surface area contributed by atoms with Crippen molar-refractivity contribution in [2.24, 2.45) is 5.92 Å². The average molecular weight is 523 g/mol. The summed E-state index contributed by atoms with van der Waals surface area (Å²) >= 11 is 6.52. The number of rotatable bonds is 13. The van der Waals surface area contributed by atoms with Crippen molar-refractivity contribution in [1.82, 2.24) is 15.0 Å². The molecule has 4 rings (SSSR count). The molecule has 1 aliphatic carbocycles. The first kappa shape index (κ1) is 26.9. The maximum absolute atomic E-state index is 10.2. The number of nitrogens with zero attached hydrogens (tertiary/aromatic N) is 3. The first-order chi connectivity index (χ1) is 18.0. The second-order valence-electron chi connectivity index (χ2n) is 9.31. The third kappa shape index (κ3) is 7.43. The maximum atomic E-state index is 10.2. The fourth-order valence-electron chi connectivity index (χ4n) is 4.43. The van der Waals surface area contributed by atoms with Crippen LogP contribution in [0, 0.1) is 5.92 Å². The van der Waals surface area contributed by atoms with E-state index in [1.807, 2.05) is 43.3 Å². The molecule has 0 amide bonds. The third-order valence-electron chi connectivity index (χ3n) is 6.54. The number of hydrogen-bond donors (Lipinski definition) is 2. The molecule has 0 saturated heterocycles. The van der Waals surface area contributed by atoms with Crippen molar-refractivity contribution in [3.05, 3.63) is 70.2 Å². The summed E-state index contributed by atoms with van der Waals surface area (Å²) < 4.78 is 12.1. The maximum Gasteiger partial charge on any atom is 0.145 e. The van der Waals surface area contributed by atoms with Crippen LogP contribution >= 0.6 is 11.6 Å². The Labute approximate surface area is 223 Å². The highest BCUT2D eigenvalue weighted by molar-refractivity contribution is 6.32. The Bertz CT molecular complexity index is 1280. The zero-order valence-corrected chi connectivity index (χ0v) is 22.2. The minimum Gasteiger partial charge on any atom is -0.497 e. The van der Waals surface area contributed by atoms with Gasteiger partial charge in [0.15, 0.2) is 0 Å². The molecule has 2 atom stereocenters. The Morgan fingerprint density at radius 3 is 2.76 bits per heavy atom. The van der Waals surface area contributed by atoms with E-state index in [0.717, 1.165) is 66.2 Å². The van der Waals surface area contributed by atoms with Crippen molar-refractivity contribution < 1.29 is 14.6 Å². The largest absolute Gasteiger partial charge is 0.497 e. The molecule has 2 heterocycles. The lowest BCUT2D eigenvalue weighted by molar-refractivity contribution is 0.0963. The van der Waals surface area contributed by atoms with Gasteiger partial charge in [-0.3, -0.25) is 4.98 Å². The second-order valence-corrected chi connectivity index (χ2v) is 9.72. The number of halogens is 1. The molecular weight excluding hydrogens is 488 g/mol. The van der Waals surface area contributed by atoms with Gasteiger partial charge in [-0.05, 0) is 62.4 Å². The van der Waals surface area contributed by atoms with Crippen LogP contribution < -0.4 is 20.6 Å². The van der Waals surface area contributed by atoms with Gasteiger partial charge in [0.25, 0.3) is 0 Å². The van der Waals surface area contributed by atoms with Gasteiger partial charge in [-0.25, -0.2) is 9.97 Å². The number of aromatic nitrogens is 3. The van der Waals surface area contributed by atoms with Crippen LogP contribution in [0.4, 0.5) is 11.5 Å². The molecule has 1 aromatic carbocycles. The first-order valence-corrected chi connectivity index (χ1v) is 13.4. The molecule has 0 aliphatic heterocycles. The lowest BCUT2D eigenvalue weighted by Crippen LogP contribution is -2.36. The van der Waals surface area contributed by atoms with Gasteiger partial charge in [0.2, 0.25) is 0 Å². The smallest absolute Gasteiger partial charge is 0.145 e. The van der Waals surface area contributed by atoms with Crippen LogP contribution in [-0.4, -0.2) is 32.8 Å². The summed E-state index contributed by atoms with van der Waals surface area (Å²) in [6, 6.07) is 11.3. The number of hydrogen-bond acceptors (Lipinski definition) is 7. The lowest BCUT2D eigenvalue weighted by atomic mass is 9.94. The van der Waals surface area contributed by atoms with E-state index >= 15 is 0 Å². The molecule has 0 saturated carbocycles. The normalized spacial score (nSPS) is 14.3.